The normalized spacial score (nSPS) is 22.1. The van der Waals surface area contributed by atoms with Crippen LogP contribution in [-0.4, -0.2) is 42.3 Å². The zero-order valence-corrected chi connectivity index (χ0v) is 21.9. The number of thiocarbonyl (C=S) groups is 1. The van der Waals surface area contributed by atoms with Crippen molar-refractivity contribution < 1.29 is 19.1 Å². The molecule has 2 aromatic carbocycles. The molecule has 2 heterocycles. The number of rotatable bonds is 12. The molecule has 4 unspecified atom stereocenters. The number of benzene rings is 2. The minimum Gasteiger partial charge on any atom is -0.461 e. The molecule has 2 aliphatic rings. The minimum absolute atomic E-state index is 0.0775. The van der Waals surface area contributed by atoms with Gasteiger partial charge >= 0.3 is 11.9 Å². The Morgan fingerprint density at radius 3 is 1.47 bits per heavy atom. The number of hydrogen-bond acceptors (Lipinski definition) is 5. The largest absolute Gasteiger partial charge is 0.461 e. The number of carbonyl (C=O) groups excluding carboxylic acids is 2. The van der Waals surface area contributed by atoms with Crippen molar-refractivity contribution >= 4 is 29.3 Å². The third-order valence-electron chi connectivity index (χ3n) is 7.86. The third kappa shape index (κ3) is 5.89. The van der Waals surface area contributed by atoms with Crippen LogP contribution in [0.4, 0.5) is 0 Å². The van der Waals surface area contributed by atoms with Crippen molar-refractivity contribution in [2.45, 2.75) is 75.4 Å². The molecule has 2 aliphatic heterocycles. The number of cyclic esters (lactones) is 2. The molecule has 2 aromatic rings. The topological polar surface area (TPSA) is 76.7 Å². The smallest absolute Gasteiger partial charge is 0.309 e. The number of esters is 2. The van der Waals surface area contributed by atoms with Crippen molar-refractivity contribution in [3.05, 3.63) is 71.8 Å². The molecule has 0 bridgehead atoms. The second-order valence-electron chi connectivity index (χ2n) is 10.3. The van der Waals surface area contributed by atoms with Crippen LogP contribution in [0.25, 0.3) is 0 Å². The first-order valence-electron chi connectivity index (χ1n) is 12.8. The lowest BCUT2D eigenvalue weighted by Gasteiger charge is -2.42. The highest BCUT2D eigenvalue weighted by molar-refractivity contribution is 7.80. The Hall–Kier alpha value is -2.93. The summed E-state index contributed by atoms with van der Waals surface area (Å²) in [7, 11) is 0. The van der Waals surface area contributed by atoms with E-state index in [-0.39, 0.29) is 35.0 Å². The second-order valence-corrected chi connectivity index (χ2v) is 10.7. The summed E-state index contributed by atoms with van der Waals surface area (Å²) in [5.74, 6) is -0.242. The molecule has 0 amide bonds. The van der Waals surface area contributed by atoms with Gasteiger partial charge in [-0.15, -0.1) is 0 Å². The molecule has 192 valence electrons. The van der Waals surface area contributed by atoms with E-state index >= 15 is 0 Å². The van der Waals surface area contributed by atoms with E-state index in [0.717, 1.165) is 38.8 Å². The number of carbonyl (C=O) groups is 2. The highest BCUT2D eigenvalue weighted by Gasteiger charge is 2.46. The first-order valence-corrected chi connectivity index (χ1v) is 13.2. The summed E-state index contributed by atoms with van der Waals surface area (Å²) < 4.78 is 10.9. The van der Waals surface area contributed by atoms with Gasteiger partial charge in [0.05, 0.1) is 12.8 Å². The summed E-state index contributed by atoms with van der Waals surface area (Å²) in [4.78, 5) is 22.9. The number of hydrogen-bond donors (Lipinski definition) is 2. The molecule has 7 heteroatoms. The SMILES string of the molecule is CC(CCCNC(=S)NCCCC(C)(c1ccccc1)C1CC(=O)O1)(c1ccccc1)C1CC(=O)O1. The summed E-state index contributed by atoms with van der Waals surface area (Å²) in [5, 5.41) is 7.27. The van der Waals surface area contributed by atoms with Crippen molar-refractivity contribution in [2.75, 3.05) is 13.1 Å². The molecule has 0 spiro atoms. The molecule has 0 radical (unpaired) electrons. The van der Waals surface area contributed by atoms with E-state index in [1.165, 1.54) is 11.1 Å². The molecule has 4 rings (SSSR count). The van der Waals surface area contributed by atoms with Crippen molar-refractivity contribution in [1.29, 1.82) is 0 Å². The average molecular weight is 509 g/mol. The van der Waals surface area contributed by atoms with E-state index in [4.69, 9.17) is 21.7 Å². The van der Waals surface area contributed by atoms with Gasteiger partial charge in [0.25, 0.3) is 0 Å². The highest BCUT2D eigenvalue weighted by atomic mass is 32.1. The molecule has 0 saturated carbocycles. The van der Waals surface area contributed by atoms with Gasteiger partial charge in [0.15, 0.2) is 5.11 Å². The van der Waals surface area contributed by atoms with Crippen LogP contribution in [0.15, 0.2) is 60.7 Å². The maximum absolute atomic E-state index is 11.5. The molecule has 0 aromatic heterocycles. The Labute approximate surface area is 219 Å². The summed E-state index contributed by atoms with van der Waals surface area (Å²) >= 11 is 5.50. The van der Waals surface area contributed by atoms with Gasteiger partial charge in [-0.1, -0.05) is 74.5 Å². The van der Waals surface area contributed by atoms with Crippen LogP contribution in [0.2, 0.25) is 0 Å². The van der Waals surface area contributed by atoms with Crippen molar-refractivity contribution in [3.8, 4) is 0 Å². The maximum atomic E-state index is 11.5. The molecular weight excluding hydrogens is 472 g/mol. The summed E-state index contributed by atoms with van der Waals surface area (Å²) in [6.45, 7) is 5.85. The van der Waals surface area contributed by atoms with E-state index < -0.39 is 0 Å². The first kappa shape index (κ1) is 26.1. The lowest BCUT2D eigenvalue weighted by atomic mass is 9.71. The van der Waals surface area contributed by atoms with Crippen molar-refractivity contribution in [1.82, 2.24) is 10.6 Å². The van der Waals surface area contributed by atoms with Crippen molar-refractivity contribution in [2.24, 2.45) is 0 Å². The van der Waals surface area contributed by atoms with Crippen LogP contribution in [0.5, 0.6) is 0 Å². The van der Waals surface area contributed by atoms with Crippen LogP contribution in [0.3, 0.4) is 0 Å². The minimum atomic E-state index is -0.210. The Morgan fingerprint density at radius 1 is 0.778 bits per heavy atom. The Kier molecular flexibility index (Phi) is 8.29. The average Bonchev–Trinajstić information content (AvgIpc) is 2.86. The van der Waals surface area contributed by atoms with E-state index in [0.29, 0.717) is 18.0 Å². The summed E-state index contributed by atoms with van der Waals surface area (Å²) in [6, 6.07) is 20.6. The molecule has 36 heavy (non-hydrogen) atoms. The zero-order chi connectivity index (χ0) is 25.6. The van der Waals surface area contributed by atoms with Gasteiger partial charge in [0.1, 0.15) is 12.2 Å². The highest BCUT2D eigenvalue weighted by Crippen LogP contribution is 2.41. The lowest BCUT2D eigenvalue weighted by Crippen LogP contribution is -2.49. The van der Waals surface area contributed by atoms with Gasteiger partial charge in [-0.2, -0.15) is 0 Å². The zero-order valence-electron chi connectivity index (χ0n) is 21.1. The Balaban J connectivity index is 1.20. The van der Waals surface area contributed by atoms with E-state index in [9.17, 15) is 9.59 Å². The Bertz CT molecular complexity index is 964. The first-order chi connectivity index (χ1) is 17.3. The molecule has 2 saturated heterocycles. The second kappa shape index (κ2) is 11.4. The summed E-state index contributed by atoms with van der Waals surface area (Å²) in [6.07, 6.45) is 4.38. The summed E-state index contributed by atoms with van der Waals surface area (Å²) in [5.41, 5.74) is 1.97. The predicted octanol–water partition coefficient (Wildman–Crippen LogP) is 4.56. The van der Waals surface area contributed by atoms with Gasteiger partial charge in [0, 0.05) is 23.9 Å². The van der Waals surface area contributed by atoms with Gasteiger partial charge in [0.2, 0.25) is 0 Å². The van der Waals surface area contributed by atoms with Gasteiger partial charge < -0.3 is 20.1 Å². The quantitative estimate of drug-likeness (QED) is 0.247. The third-order valence-corrected chi connectivity index (χ3v) is 8.14. The molecular formula is C29H36N2O4S. The van der Waals surface area contributed by atoms with Crippen LogP contribution >= 0.6 is 12.2 Å². The van der Waals surface area contributed by atoms with Gasteiger partial charge in [-0.25, -0.2) is 0 Å². The fraction of sp³-hybridized carbons (Fsp3) is 0.483. The molecule has 6 nitrogen and oxygen atoms in total. The fourth-order valence-electron chi connectivity index (χ4n) is 5.31. The van der Waals surface area contributed by atoms with E-state index in [1.54, 1.807) is 0 Å². The molecule has 2 N–H and O–H groups in total. The molecule has 2 fully saturated rings. The Morgan fingerprint density at radius 2 is 1.14 bits per heavy atom. The van der Waals surface area contributed by atoms with Crippen LogP contribution in [-0.2, 0) is 29.9 Å². The molecule has 0 aliphatic carbocycles. The monoisotopic (exact) mass is 508 g/mol. The fourth-order valence-corrected chi connectivity index (χ4v) is 5.51. The van der Waals surface area contributed by atoms with E-state index in [1.807, 2.05) is 36.4 Å². The van der Waals surface area contributed by atoms with Gasteiger partial charge in [-0.3, -0.25) is 9.59 Å². The standard InChI is InChI=1S/C29H36N2O4S/c1-28(23-19-25(32)34-23,21-11-5-3-6-12-21)15-9-17-30-27(36)31-18-10-16-29(2,24-20-26(33)35-24)22-13-7-4-8-14-22/h3-8,11-14,23-24H,9-10,15-20H2,1-2H3,(H2,30,31,36). The van der Waals surface area contributed by atoms with Crippen LogP contribution < -0.4 is 10.6 Å². The van der Waals surface area contributed by atoms with Crippen LogP contribution in [0, 0.1) is 0 Å². The van der Waals surface area contributed by atoms with Gasteiger partial charge in [-0.05, 0) is 49.0 Å². The number of nitrogens with one attached hydrogen (secondary N) is 2. The predicted molar refractivity (Wildman–Crippen MR) is 144 cm³/mol. The lowest BCUT2D eigenvalue weighted by molar-refractivity contribution is -0.178. The van der Waals surface area contributed by atoms with E-state index in [2.05, 4.69) is 48.7 Å². The maximum Gasteiger partial charge on any atom is 0.309 e. The molecule has 4 atom stereocenters. The van der Waals surface area contributed by atoms with Crippen molar-refractivity contribution in [3.63, 3.8) is 0 Å². The van der Waals surface area contributed by atoms with Crippen LogP contribution in [0.1, 0.15) is 63.5 Å². The number of ether oxygens (including phenoxy) is 2.